The number of benzene rings is 2. The van der Waals surface area contributed by atoms with Gasteiger partial charge in [-0.15, -0.1) is 0 Å². The molecule has 0 bridgehead atoms. The van der Waals surface area contributed by atoms with Crippen molar-refractivity contribution >= 4 is 33.2 Å². The fourth-order valence-electron chi connectivity index (χ4n) is 4.73. The van der Waals surface area contributed by atoms with Crippen molar-refractivity contribution in [1.82, 2.24) is 18.8 Å². The van der Waals surface area contributed by atoms with Gasteiger partial charge in [0.05, 0.1) is 30.0 Å². The highest BCUT2D eigenvalue weighted by Gasteiger charge is 2.43. The molecule has 1 aromatic heterocycles. The lowest BCUT2D eigenvalue weighted by Gasteiger charge is -2.35. The molecule has 0 atom stereocenters. The van der Waals surface area contributed by atoms with Gasteiger partial charge in [-0.1, -0.05) is 29.8 Å². The van der Waals surface area contributed by atoms with Crippen molar-refractivity contribution in [1.29, 1.82) is 0 Å². The summed E-state index contributed by atoms with van der Waals surface area (Å²) < 4.78 is 37.1. The Labute approximate surface area is 247 Å². The fraction of sp³-hybridized carbons (Fsp3) is 0.407. The molecule has 1 saturated heterocycles. The number of nitrogens with one attached hydrogen (secondary N) is 1. The molecule has 3 aromatic rings. The second-order valence-electron chi connectivity index (χ2n) is 10.6. The molecule has 2 heterocycles. The molecule has 0 unspecified atom stereocenters. The van der Waals surface area contributed by atoms with Crippen LogP contribution in [-0.4, -0.2) is 71.9 Å². The first-order chi connectivity index (χ1) is 20.0. The van der Waals surface area contributed by atoms with Crippen LogP contribution in [0, 0.1) is 22.5 Å². The van der Waals surface area contributed by atoms with Crippen LogP contribution in [0.25, 0.3) is 5.69 Å². The Morgan fingerprint density at radius 1 is 1.17 bits per heavy atom. The molecule has 2 aromatic carbocycles. The van der Waals surface area contributed by atoms with E-state index in [0.29, 0.717) is 27.5 Å². The summed E-state index contributed by atoms with van der Waals surface area (Å²) in [6, 6.07) is 11.3. The van der Waals surface area contributed by atoms with E-state index in [4.69, 9.17) is 16.3 Å². The van der Waals surface area contributed by atoms with Gasteiger partial charge >= 0.3 is 5.56 Å². The summed E-state index contributed by atoms with van der Waals surface area (Å²) in [6.45, 7) is 2.42. The normalized spacial score (nSPS) is 16.8. The van der Waals surface area contributed by atoms with Gasteiger partial charge in [0.2, 0.25) is 5.75 Å². The molecule has 2 N–H and O–H groups in total. The maximum absolute atomic E-state index is 13.6. The van der Waals surface area contributed by atoms with E-state index in [-0.39, 0.29) is 62.8 Å². The van der Waals surface area contributed by atoms with Crippen LogP contribution < -0.4 is 19.9 Å². The first kappa shape index (κ1) is 29.9. The van der Waals surface area contributed by atoms with Gasteiger partial charge in [-0.2, -0.15) is 27.2 Å². The molecule has 13 nitrogen and oxygen atoms in total. The van der Waals surface area contributed by atoms with Gasteiger partial charge in [-0.05, 0) is 43.5 Å². The summed E-state index contributed by atoms with van der Waals surface area (Å²) in [7, 11) is -3.89. The predicted molar refractivity (Wildman–Crippen MR) is 156 cm³/mol. The Hall–Kier alpha value is -3.56. The number of nitrogens with zero attached hydrogens (tertiary/aromatic N) is 5. The van der Waals surface area contributed by atoms with Crippen molar-refractivity contribution in [2.45, 2.75) is 26.3 Å². The second kappa shape index (κ2) is 12.0. The molecule has 1 aliphatic heterocycles. The van der Waals surface area contributed by atoms with Crippen molar-refractivity contribution in [2.75, 3.05) is 44.3 Å². The zero-order valence-electron chi connectivity index (χ0n) is 22.9. The van der Waals surface area contributed by atoms with Crippen LogP contribution in [0.1, 0.15) is 24.0 Å². The highest BCUT2D eigenvalue weighted by molar-refractivity contribution is 7.87. The van der Waals surface area contributed by atoms with E-state index in [1.807, 2.05) is 4.90 Å². The quantitative estimate of drug-likeness (QED) is 0.243. The lowest BCUT2D eigenvalue weighted by Crippen LogP contribution is -2.52. The number of rotatable bonds is 11. The largest absolute Gasteiger partial charge is 0.486 e. The van der Waals surface area contributed by atoms with Gasteiger partial charge < -0.3 is 14.7 Å². The number of ether oxygens (including phenoxy) is 1. The highest BCUT2D eigenvalue weighted by atomic mass is 35.5. The summed E-state index contributed by atoms with van der Waals surface area (Å²) in [4.78, 5) is 26.2. The van der Waals surface area contributed by atoms with Gasteiger partial charge in [-0.25, -0.2) is 0 Å². The van der Waals surface area contributed by atoms with Gasteiger partial charge in [-0.3, -0.25) is 14.9 Å². The number of hydrogen-bond donors (Lipinski definition) is 2. The van der Waals surface area contributed by atoms with E-state index >= 15 is 0 Å². The third-order valence-corrected chi connectivity index (χ3v) is 9.42. The number of aliphatic hydroxyl groups excluding tert-OH is 1. The number of hydrogen-bond acceptors (Lipinski definition) is 9. The van der Waals surface area contributed by atoms with Crippen molar-refractivity contribution in [3.05, 3.63) is 85.3 Å². The molecule has 5 rings (SSSR count). The Morgan fingerprint density at radius 3 is 2.55 bits per heavy atom. The minimum absolute atomic E-state index is 0.0463. The summed E-state index contributed by atoms with van der Waals surface area (Å²) in [5, 5.41) is 25.8. The van der Waals surface area contributed by atoms with E-state index < -0.39 is 20.7 Å². The molecule has 15 heteroatoms. The van der Waals surface area contributed by atoms with Crippen LogP contribution in [0.5, 0.6) is 5.75 Å². The molecule has 224 valence electrons. The van der Waals surface area contributed by atoms with Crippen LogP contribution >= 0.6 is 11.6 Å². The summed E-state index contributed by atoms with van der Waals surface area (Å²) in [5.74, 6) is 0.0695. The SMILES string of the molecule is Cc1ccc(CNS(=O)(=O)N2CCN(c3cnn(-c4cccc(Cl)c4)c(=O)c3OCC3(CO)CC3)CC2)cc1[N+](=O)[O-]. The molecule has 0 spiro atoms. The lowest BCUT2D eigenvalue weighted by atomic mass is 10.1. The second-order valence-corrected chi connectivity index (χ2v) is 12.8. The van der Waals surface area contributed by atoms with E-state index in [0.717, 1.165) is 12.8 Å². The predicted octanol–water partition coefficient (Wildman–Crippen LogP) is 2.41. The van der Waals surface area contributed by atoms with Crippen molar-refractivity contribution in [3.63, 3.8) is 0 Å². The maximum Gasteiger partial charge on any atom is 0.316 e. The Kier molecular flexibility index (Phi) is 8.53. The first-order valence-electron chi connectivity index (χ1n) is 13.4. The number of piperazine rings is 1. The number of aliphatic hydroxyl groups is 1. The van der Waals surface area contributed by atoms with E-state index in [1.165, 1.54) is 21.3 Å². The summed E-state index contributed by atoms with van der Waals surface area (Å²) in [5.41, 5.74) is 0.924. The molecule has 2 fully saturated rings. The zero-order chi connectivity index (χ0) is 30.1. The number of aryl methyl sites for hydroxylation is 1. The van der Waals surface area contributed by atoms with Crippen molar-refractivity contribution in [2.24, 2.45) is 5.41 Å². The fourth-order valence-corrected chi connectivity index (χ4v) is 6.09. The standard InChI is InChI=1S/C27H31ClN6O7S/c1-19-5-6-20(13-23(19)34(37)38)15-30-42(39,40)32-11-9-31(10-12-32)24-16-29-33(22-4-2-3-21(28)14-22)26(36)25(24)41-18-27(17-35)7-8-27/h2-6,13-14,16,30,35H,7-12,15,17-18H2,1H3. The van der Waals surface area contributed by atoms with Crippen LogP contribution in [-0.2, 0) is 16.8 Å². The Morgan fingerprint density at radius 2 is 1.90 bits per heavy atom. The molecule has 1 aliphatic carbocycles. The smallest absolute Gasteiger partial charge is 0.316 e. The minimum atomic E-state index is -3.89. The van der Waals surface area contributed by atoms with Crippen LogP contribution in [0.2, 0.25) is 5.02 Å². The first-order valence-corrected chi connectivity index (χ1v) is 15.2. The van der Waals surface area contributed by atoms with E-state index in [9.17, 15) is 28.4 Å². The molecular weight excluding hydrogens is 588 g/mol. The van der Waals surface area contributed by atoms with E-state index in [1.54, 1.807) is 43.3 Å². The third-order valence-electron chi connectivity index (χ3n) is 7.63. The van der Waals surface area contributed by atoms with Gasteiger partial charge in [0.1, 0.15) is 5.69 Å². The number of halogens is 1. The van der Waals surface area contributed by atoms with Gasteiger partial charge in [0.25, 0.3) is 15.9 Å². The average Bonchev–Trinajstić information content (AvgIpc) is 3.76. The molecular formula is C27H31ClN6O7S. The van der Waals surface area contributed by atoms with E-state index in [2.05, 4.69) is 9.82 Å². The molecule has 1 saturated carbocycles. The molecule has 2 aliphatic rings. The Bertz CT molecular complexity index is 1650. The van der Waals surface area contributed by atoms with Crippen LogP contribution in [0.15, 0.2) is 53.5 Å². The molecule has 0 radical (unpaired) electrons. The van der Waals surface area contributed by atoms with Crippen LogP contribution in [0.4, 0.5) is 11.4 Å². The van der Waals surface area contributed by atoms with Crippen molar-refractivity contribution < 1.29 is 23.2 Å². The zero-order valence-corrected chi connectivity index (χ0v) is 24.5. The lowest BCUT2D eigenvalue weighted by molar-refractivity contribution is -0.385. The highest BCUT2D eigenvalue weighted by Crippen LogP contribution is 2.45. The van der Waals surface area contributed by atoms with Crippen molar-refractivity contribution in [3.8, 4) is 11.4 Å². The summed E-state index contributed by atoms with van der Waals surface area (Å²) >= 11 is 6.12. The summed E-state index contributed by atoms with van der Waals surface area (Å²) in [6.07, 6.45) is 3.11. The molecule has 0 amide bonds. The van der Waals surface area contributed by atoms with Gasteiger partial charge in [0, 0.05) is 54.8 Å². The topological polar surface area (TPSA) is 160 Å². The van der Waals surface area contributed by atoms with Gasteiger partial charge in [0.15, 0.2) is 0 Å². The third kappa shape index (κ3) is 6.42. The number of aromatic nitrogens is 2. The number of nitro groups is 1. The molecule has 42 heavy (non-hydrogen) atoms. The monoisotopic (exact) mass is 618 g/mol. The number of nitro benzene ring substituents is 1. The van der Waals surface area contributed by atoms with Crippen LogP contribution in [0.3, 0.4) is 0 Å². The average molecular weight is 619 g/mol. The number of anilines is 1. The maximum atomic E-state index is 13.6. The Balaban J connectivity index is 1.31. The minimum Gasteiger partial charge on any atom is -0.486 e.